The molecule has 1 saturated heterocycles. The topological polar surface area (TPSA) is 54.5 Å². The van der Waals surface area contributed by atoms with Crippen LogP contribution >= 0.6 is 0 Å². The van der Waals surface area contributed by atoms with Crippen molar-refractivity contribution in [3.63, 3.8) is 0 Å². The van der Waals surface area contributed by atoms with Crippen molar-refractivity contribution in [1.82, 2.24) is 9.88 Å². The van der Waals surface area contributed by atoms with E-state index in [1.807, 2.05) is 37.8 Å². The Labute approximate surface area is 126 Å². The van der Waals surface area contributed by atoms with Gasteiger partial charge >= 0.3 is 6.09 Å². The van der Waals surface area contributed by atoms with E-state index < -0.39 is 5.60 Å². The van der Waals surface area contributed by atoms with Crippen LogP contribution in [0.25, 0.3) is 0 Å². The van der Waals surface area contributed by atoms with Crippen LogP contribution < -0.4 is 5.32 Å². The zero-order valence-electron chi connectivity index (χ0n) is 13.1. The zero-order chi connectivity index (χ0) is 15.3. The van der Waals surface area contributed by atoms with Crippen molar-refractivity contribution in [1.29, 1.82) is 0 Å². The Balaban J connectivity index is 1.94. The van der Waals surface area contributed by atoms with E-state index >= 15 is 0 Å². The molecule has 0 bridgehead atoms. The summed E-state index contributed by atoms with van der Waals surface area (Å²) in [7, 11) is 0. The fraction of sp³-hybridized carbons (Fsp3) is 0.625. The number of nitrogens with zero attached hydrogens (tertiary/aromatic N) is 2. The molecule has 2 rings (SSSR count). The van der Waals surface area contributed by atoms with Crippen molar-refractivity contribution in [2.75, 3.05) is 18.4 Å². The Morgan fingerprint density at radius 3 is 2.95 bits per heavy atom. The van der Waals surface area contributed by atoms with Gasteiger partial charge in [0.2, 0.25) is 0 Å². The van der Waals surface area contributed by atoms with E-state index in [9.17, 15) is 4.79 Å². The monoisotopic (exact) mass is 291 g/mol. The fourth-order valence-electron chi connectivity index (χ4n) is 2.48. The predicted molar refractivity (Wildman–Crippen MR) is 83.3 cm³/mol. The summed E-state index contributed by atoms with van der Waals surface area (Å²) in [5, 5.41) is 3.35. The van der Waals surface area contributed by atoms with Gasteiger partial charge in [-0.25, -0.2) is 4.79 Å². The molecule has 1 aliphatic heterocycles. The largest absolute Gasteiger partial charge is 0.444 e. The first kappa shape index (κ1) is 15.6. The van der Waals surface area contributed by atoms with Crippen LogP contribution in [-0.2, 0) is 4.74 Å². The van der Waals surface area contributed by atoms with Gasteiger partial charge in [-0.3, -0.25) is 4.98 Å². The van der Waals surface area contributed by atoms with Gasteiger partial charge in [-0.2, -0.15) is 0 Å². The van der Waals surface area contributed by atoms with Crippen LogP contribution in [0.5, 0.6) is 0 Å². The lowest BCUT2D eigenvalue weighted by atomic mass is 10.0. The van der Waals surface area contributed by atoms with E-state index in [0.717, 1.165) is 38.0 Å². The van der Waals surface area contributed by atoms with Crippen molar-refractivity contribution >= 4 is 11.8 Å². The molecule has 0 aliphatic carbocycles. The summed E-state index contributed by atoms with van der Waals surface area (Å²) in [6.45, 7) is 7.20. The maximum Gasteiger partial charge on any atom is 0.410 e. The molecule has 1 aromatic rings. The number of pyridine rings is 1. The average molecular weight is 291 g/mol. The number of aromatic nitrogens is 1. The lowest BCUT2D eigenvalue weighted by Crippen LogP contribution is -2.48. The van der Waals surface area contributed by atoms with Crippen LogP contribution in [0.15, 0.2) is 24.5 Å². The SMILES string of the molecule is CC(C)(C)OC(=O)N1CCCCC1CNc1cccnc1. The molecule has 5 nitrogen and oxygen atoms in total. The number of hydrogen-bond acceptors (Lipinski definition) is 4. The maximum atomic E-state index is 12.3. The van der Waals surface area contributed by atoms with Crippen LogP contribution in [-0.4, -0.2) is 40.7 Å². The highest BCUT2D eigenvalue weighted by molar-refractivity contribution is 5.68. The van der Waals surface area contributed by atoms with Gasteiger partial charge < -0.3 is 15.0 Å². The third-order valence-electron chi connectivity index (χ3n) is 3.46. The Morgan fingerprint density at radius 1 is 1.48 bits per heavy atom. The minimum absolute atomic E-state index is 0.175. The van der Waals surface area contributed by atoms with E-state index in [-0.39, 0.29) is 12.1 Å². The van der Waals surface area contributed by atoms with Gasteiger partial charge in [-0.1, -0.05) is 0 Å². The van der Waals surface area contributed by atoms with E-state index in [1.54, 1.807) is 12.4 Å². The van der Waals surface area contributed by atoms with Gasteiger partial charge in [0.1, 0.15) is 5.60 Å². The summed E-state index contributed by atoms with van der Waals surface area (Å²) >= 11 is 0. The fourth-order valence-corrected chi connectivity index (χ4v) is 2.48. The van der Waals surface area contributed by atoms with E-state index in [0.29, 0.717) is 0 Å². The number of ether oxygens (including phenoxy) is 1. The third kappa shape index (κ3) is 4.92. The summed E-state index contributed by atoms with van der Waals surface area (Å²) in [5.41, 5.74) is 0.530. The molecule has 5 heteroatoms. The number of carbonyl (C=O) groups is 1. The maximum absolute atomic E-state index is 12.3. The summed E-state index contributed by atoms with van der Waals surface area (Å²) < 4.78 is 5.51. The molecule has 1 atom stereocenters. The second kappa shape index (κ2) is 6.78. The van der Waals surface area contributed by atoms with Gasteiger partial charge in [-0.05, 0) is 52.2 Å². The number of carbonyl (C=O) groups excluding carboxylic acids is 1. The number of rotatable bonds is 3. The van der Waals surface area contributed by atoms with Crippen molar-refractivity contribution in [2.45, 2.75) is 51.7 Å². The molecule has 1 aliphatic rings. The second-order valence-corrected chi connectivity index (χ2v) is 6.45. The second-order valence-electron chi connectivity index (χ2n) is 6.45. The van der Waals surface area contributed by atoms with Crippen LogP contribution in [0.2, 0.25) is 0 Å². The minimum Gasteiger partial charge on any atom is -0.444 e. The summed E-state index contributed by atoms with van der Waals surface area (Å²) in [5.74, 6) is 0. The third-order valence-corrected chi connectivity index (χ3v) is 3.46. The number of likely N-dealkylation sites (tertiary alicyclic amines) is 1. The molecule has 1 N–H and O–H groups in total. The highest BCUT2D eigenvalue weighted by Crippen LogP contribution is 2.21. The highest BCUT2D eigenvalue weighted by Gasteiger charge is 2.30. The molecule has 0 spiro atoms. The number of hydrogen-bond donors (Lipinski definition) is 1. The molecule has 1 fully saturated rings. The lowest BCUT2D eigenvalue weighted by Gasteiger charge is -2.37. The van der Waals surface area contributed by atoms with Crippen LogP contribution in [0.4, 0.5) is 10.5 Å². The van der Waals surface area contributed by atoms with Crippen LogP contribution in [0, 0.1) is 0 Å². The first-order chi connectivity index (χ1) is 9.96. The van der Waals surface area contributed by atoms with E-state index in [4.69, 9.17) is 4.74 Å². The van der Waals surface area contributed by atoms with E-state index in [2.05, 4.69) is 10.3 Å². The smallest absolute Gasteiger partial charge is 0.410 e. The normalized spacial score (nSPS) is 19.2. The molecule has 0 radical (unpaired) electrons. The summed E-state index contributed by atoms with van der Waals surface area (Å²) in [6, 6.07) is 4.05. The van der Waals surface area contributed by atoms with Gasteiger partial charge in [0.05, 0.1) is 11.7 Å². The molecule has 1 aromatic heterocycles. The summed E-state index contributed by atoms with van der Waals surface area (Å²) in [6.07, 6.45) is 6.54. The first-order valence-electron chi connectivity index (χ1n) is 7.59. The van der Waals surface area contributed by atoms with E-state index in [1.165, 1.54) is 0 Å². The number of anilines is 1. The standard InChI is InChI=1S/C16H25N3O2/c1-16(2,3)21-15(20)19-10-5-4-8-14(19)12-18-13-7-6-9-17-11-13/h6-7,9,11,14,18H,4-5,8,10,12H2,1-3H3. The number of nitrogens with one attached hydrogen (secondary N) is 1. The van der Waals surface area contributed by atoms with Crippen molar-refractivity contribution in [3.8, 4) is 0 Å². The van der Waals surface area contributed by atoms with Crippen LogP contribution in [0.1, 0.15) is 40.0 Å². The Bertz CT molecular complexity index is 456. The molecule has 0 aromatic carbocycles. The Kier molecular flexibility index (Phi) is 5.04. The Morgan fingerprint density at radius 2 is 2.29 bits per heavy atom. The minimum atomic E-state index is -0.449. The molecular formula is C16H25N3O2. The van der Waals surface area contributed by atoms with Crippen molar-refractivity contribution in [2.24, 2.45) is 0 Å². The highest BCUT2D eigenvalue weighted by atomic mass is 16.6. The molecule has 21 heavy (non-hydrogen) atoms. The molecule has 2 heterocycles. The van der Waals surface area contributed by atoms with Gasteiger partial charge in [0, 0.05) is 25.5 Å². The zero-order valence-corrected chi connectivity index (χ0v) is 13.1. The Hall–Kier alpha value is -1.78. The van der Waals surface area contributed by atoms with Crippen LogP contribution in [0.3, 0.4) is 0 Å². The molecule has 116 valence electrons. The molecule has 0 saturated carbocycles. The predicted octanol–water partition coefficient (Wildman–Crippen LogP) is 3.28. The van der Waals surface area contributed by atoms with Gasteiger partial charge in [0.25, 0.3) is 0 Å². The molecular weight excluding hydrogens is 266 g/mol. The van der Waals surface area contributed by atoms with Gasteiger partial charge in [0.15, 0.2) is 0 Å². The number of amides is 1. The lowest BCUT2D eigenvalue weighted by molar-refractivity contribution is 0.0114. The first-order valence-corrected chi connectivity index (χ1v) is 7.59. The molecule has 1 unspecified atom stereocenters. The molecule has 1 amide bonds. The summed E-state index contributed by atoms with van der Waals surface area (Å²) in [4.78, 5) is 18.2. The van der Waals surface area contributed by atoms with Crippen molar-refractivity contribution in [3.05, 3.63) is 24.5 Å². The quantitative estimate of drug-likeness (QED) is 0.928. The van der Waals surface area contributed by atoms with Crippen molar-refractivity contribution < 1.29 is 9.53 Å². The van der Waals surface area contributed by atoms with Gasteiger partial charge in [-0.15, -0.1) is 0 Å². The number of piperidine rings is 1. The average Bonchev–Trinajstić information content (AvgIpc) is 2.45.